The molecule has 0 spiro atoms. The third kappa shape index (κ3) is 24.7. The Balaban J connectivity index is 3.54. The van der Waals surface area contributed by atoms with Gasteiger partial charge < -0.3 is 80.0 Å². The number of carbonyl (C=O) groups excluding carboxylic acids is 7. The number of phenolic OH excluding ortho intramolecular Hbond substituents is 1. The van der Waals surface area contributed by atoms with E-state index < -0.39 is 164 Å². The number of amides is 7. The van der Waals surface area contributed by atoms with E-state index in [0.717, 1.165) is 0 Å². The molecule has 1 rings (SSSR count). The number of aliphatic carboxylic acids is 4. The summed E-state index contributed by atoms with van der Waals surface area (Å²) in [5, 5.41) is 64.8. The maximum Gasteiger partial charge on any atom is 0.326 e. The number of aliphatic imine (C=N–C) groups is 1. The maximum atomic E-state index is 14.2. The Bertz CT molecular complexity index is 2130. The summed E-state index contributed by atoms with van der Waals surface area (Å²) in [7, 11) is 0. The summed E-state index contributed by atoms with van der Waals surface area (Å²) in [4.78, 5) is 147. The Morgan fingerprint density at radius 2 is 0.932 bits per heavy atom. The third-order valence-corrected chi connectivity index (χ3v) is 11.5. The van der Waals surface area contributed by atoms with Crippen LogP contribution in [0, 0.1) is 17.8 Å². The van der Waals surface area contributed by atoms with E-state index in [1.165, 1.54) is 24.3 Å². The quantitative estimate of drug-likeness (QED) is 0.0201. The molecule has 414 valence electrons. The highest BCUT2D eigenvalue weighted by Gasteiger charge is 2.37. The normalized spacial score (nSPS) is 14.7. The topological polar surface area (TPSA) is 464 Å². The summed E-state index contributed by atoms with van der Waals surface area (Å²) in [5.74, 6) is -14.2. The Morgan fingerprint density at radius 1 is 0.541 bits per heavy atom. The number of phenols is 1. The second-order valence-corrected chi connectivity index (χ2v) is 18.6. The van der Waals surface area contributed by atoms with Crippen molar-refractivity contribution in [3.05, 3.63) is 29.8 Å². The van der Waals surface area contributed by atoms with Crippen molar-refractivity contribution >= 4 is 71.2 Å². The van der Waals surface area contributed by atoms with E-state index in [0.29, 0.717) is 5.56 Å². The number of nitrogens with two attached hydrogens (primary N) is 3. The molecule has 27 nitrogen and oxygen atoms in total. The van der Waals surface area contributed by atoms with Gasteiger partial charge in [-0.1, -0.05) is 60.1 Å². The molecule has 1 aromatic carbocycles. The van der Waals surface area contributed by atoms with E-state index in [-0.39, 0.29) is 56.3 Å². The number of carbonyl (C=O) groups is 11. The number of carboxylic acids is 4. The lowest BCUT2D eigenvalue weighted by Gasteiger charge is -2.30. The molecule has 0 saturated carbocycles. The first-order valence-corrected chi connectivity index (χ1v) is 24.2. The molecule has 27 heteroatoms. The Labute approximate surface area is 428 Å². The van der Waals surface area contributed by atoms with Gasteiger partial charge in [0, 0.05) is 25.8 Å². The lowest BCUT2D eigenvalue weighted by molar-refractivity contribution is -0.143. The Morgan fingerprint density at radius 3 is 1.34 bits per heavy atom. The first-order valence-electron chi connectivity index (χ1n) is 24.2. The van der Waals surface area contributed by atoms with Crippen molar-refractivity contribution < 1.29 is 78.3 Å². The highest BCUT2D eigenvalue weighted by Crippen LogP contribution is 2.15. The zero-order valence-corrected chi connectivity index (χ0v) is 42.6. The molecule has 18 N–H and O–H groups in total. The molecule has 74 heavy (non-hydrogen) atoms. The minimum absolute atomic E-state index is 0.00381. The SMILES string of the molecule is CC[C@H](C)[C@H](NC(=O)[C@H](CCC(=O)O)NC(=O)[C@H](CCC(=O)O)NC(=O)[C@H](CCC(=O)O)NC(=O)[C@@H](N)Cc1ccc(O)cc1)C(=O)N[C@@H](CCCN=C(N)N)C(=O)N[C@H](C(=O)N[C@@H](CC(C)C)C(=O)O)C(C)C. The lowest BCUT2D eigenvalue weighted by atomic mass is 9.96. The minimum atomic E-state index is -1.79. The Hall–Kier alpha value is -7.58. The number of carboxylic acid groups (broad SMARTS) is 4. The van der Waals surface area contributed by atoms with Gasteiger partial charge in [-0.15, -0.1) is 0 Å². The van der Waals surface area contributed by atoms with Gasteiger partial charge in [0.05, 0.1) is 6.04 Å². The van der Waals surface area contributed by atoms with Crippen LogP contribution in [0.4, 0.5) is 0 Å². The van der Waals surface area contributed by atoms with Crippen molar-refractivity contribution in [1.29, 1.82) is 0 Å². The number of hydrogen-bond donors (Lipinski definition) is 15. The number of aromatic hydroxyl groups is 1. The van der Waals surface area contributed by atoms with Crippen molar-refractivity contribution in [2.45, 2.75) is 161 Å². The number of guanidine groups is 1. The van der Waals surface area contributed by atoms with Gasteiger partial charge in [-0.05, 0) is 80.4 Å². The van der Waals surface area contributed by atoms with Crippen LogP contribution in [0.2, 0.25) is 0 Å². The van der Waals surface area contributed by atoms with Gasteiger partial charge in [0.25, 0.3) is 0 Å². The van der Waals surface area contributed by atoms with Gasteiger partial charge >= 0.3 is 23.9 Å². The van der Waals surface area contributed by atoms with E-state index in [2.05, 4.69) is 42.2 Å². The first-order chi connectivity index (χ1) is 34.6. The molecular formula is C47H75N11O16. The van der Waals surface area contributed by atoms with Crippen LogP contribution in [-0.2, 0) is 59.2 Å². The van der Waals surface area contributed by atoms with Crippen molar-refractivity contribution in [3.63, 3.8) is 0 Å². The molecule has 0 aliphatic rings. The number of nitrogens with zero attached hydrogens (tertiary/aromatic N) is 1. The summed E-state index contributed by atoms with van der Waals surface area (Å²) in [6, 6.07) is -6.24. The average Bonchev–Trinajstić information content (AvgIpc) is 3.31. The van der Waals surface area contributed by atoms with Crippen LogP contribution in [0.5, 0.6) is 5.75 Å². The van der Waals surface area contributed by atoms with Crippen molar-refractivity contribution in [2.75, 3.05) is 6.54 Å². The zero-order valence-electron chi connectivity index (χ0n) is 42.6. The summed E-state index contributed by atoms with van der Waals surface area (Å²) < 4.78 is 0. The molecule has 0 aromatic heterocycles. The van der Waals surface area contributed by atoms with Crippen molar-refractivity contribution in [3.8, 4) is 5.75 Å². The highest BCUT2D eigenvalue weighted by molar-refractivity contribution is 5.98. The molecular weight excluding hydrogens is 975 g/mol. The second-order valence-electron chi connectivity index (χ2n) is 18.6. The van der Waals surface area contributed by atoms with Crippen molar-refractivity contribution in [1.82, 2.24) is 37.2 Å². The molecule has 0 bridgehead atoms. The largest absolute Gasteiger partial charge is 0.508 e. The summed E-state index contributed by atoms with van der Waals surface area (Å²) in [5.41, 5.74) is 17.5. The number of benzene rings is 1. The summed E-state index contributed by atoms with van der Waals surface area (Å²) in [6.07, 6.45) is -3.65. The molecule has 7 amide bonds. The van der Waals surface area contributed by atoms with Crippen LogP contribution in [0.15, 0.2) is 29.3 Å². The number of hydrogen-bond acceptors (Lipinski definition) is 14. The predicted molar refractivity (Wildman–Crippen MR) is 265 cm³/mol. The molecule has 0 fully saturated rings. The monoisotopic (exact) mass is 1050 g/mol. The number of rotatable bonds is 35. The van der Waals surface area contributed by atoms with Crippen LogP contribution in [0.1, 0.15) is 111 Å². The van der Waals surface area contributed by atoms with Gasteiger partial charge in [-0.25, -0.2) is 4.79 Å². The fourth-order valence-corrected chi connectivity index (χ4v) is 7.14. The van der Waals surface area contributed by atoms with Gasteiger partial charge in [-0.2, -0.15) is 0 Å². The minimum Gasteiger partial charge on any atom is -0.508 e. The highest BCUT2D eigenvalue weighted by atomic mass is 16.4. The average molecular weight is 1050 g/mol. The lowest BCUT2D eigenvalue weighted by Crippen LogP contribution is -2.61. The molecule has 0 heterocycles. The second kappa shape index (κ2) is 32.5. The van der Waals surface area contributed by atoms with Crippen LogP contribution in [0.3, 0.4) is 0 Å². The fraction of sp³-hybridized carbons (Fsp3) is 0.617. The van der Waals surface area contributed by atoms with Crippen LogP contribution >= 0.6 is 0 Å². The molecule has 1 aromatic rings. The standard InChI is InChI=1S/C47H75N11O16/c1-7-25(6)38(45(72)55-29(9-8-20-51-47(49)50)42(69)57-37(24(4)5)44(71)56-33(46(73)74)21-23(2)3)58-43(70)32(16-19-36(64)65)54-41(68)31(15-18-35(62)63)53-40(67)30(14-17-34(60)61)52-39(66)28(48)22-26-10-12-27(59)13-11-26/h10-13,23-25,28-33,37-38,59H,7-9,14-22,48H2,1-6H3,(H,52,66)(H,53,67)(H,54,68)(H,55,72)(H,56,71)(H,57,69)(H,58,70)(H,60,61)(H,62,63)(H,64,65)(H,73,74)(H4,49,50,51)/t25-,28-,29-,30-,31-,32-,33-,37-,38-/m0/s1. The molecule has 9 atom stereocenters. The van der Waals surface area contributed by atoms with E-state index in [1.807, 2.05) is 0 Å². The zero-order chi connectivity index (χ0) is 56.4. The smallest absolute Gasteiger partial charge is 0.326 e. The van der Waals surface area contributed by atoms with E-state index in [9.17, 15) is 78.3 Å². The third-order valence-electron chi connectivity index (χ3n) is 11.5. The molecule has 0 aliphatic carbocycles. The van der Waals surface area contributed by atoms with E-state index in [4.69, 9.17) is 17.2 Å². The van der Waals surface area contributed by atoms with E-state index >= 15 is 0 Å². The van der Waals surface area contributed by atoms with Gasteiger partial charge in [0.1, 0.15) is 48.0 Å². The van der Waals surface area contributed by atoms with Gasteiger partial charge in [0.15, 0.2) is 5.96 Å². The summed E-state index contributed by atoms with van der Waals surface area (Å²) >= 11 is 0. The molecule has 0 saturated heterocycles. The molecule has 0 unspecified atom stereocenters. The summed E-state index contributed by atoms with van der Waals surface area (Å²) in [6.45, 7) is 9.97. The van der Waals surface area contributed by atoms with Crippen LogP contribution in [-0.4, -0.2) is 152 Å². The Kier molecular flexibility index (Phi) is 28.3. The van der Waals surface area contributed by atoms with Crippen molar-refractivity contribution in [2.24, 2.45) is 39.9 Å². The first kappa shape index (κ1) is 64.4. The van der Waals surface area contributed by atoms with Gasteiger partial charge in [-0.3, -0.25) is 52.9 Å². The maximum absolute atomic E-state index is 14.2. The molecule has 0 aliphatic heterocycles. The predicted octanol–water partition coefficient (Wildman–Crippen LogP) is -1.86. The number of nitrogens with one attached hydrogen (secondary N) is 7. The molecule has 0 radical (unpaired) electrons. The fourth-order valence-electron chi connectivity index (χ4n) is 7.14. The van der Waals surface area contributed by atoms with Gasteiger partial charge in [0.2, 0.25) is 41.4 Å². The van der Waals surface area contributed by atoms with Crippen LogP contribution in [0.25, 0.3) is 0 Å². The van der Waals surface area contributed by atoms with Crippen LogP contribution < -0.4 is 54.4 Å². The van der Waals surface area contributed by atoms with E-state index in [1.54, 1.807) is 41.5 Å².